The minimum atomic E-state index is 0.400. The number of halogens is 1. The zero-order chi connectivity index (χ0) is 10.8. The molecule has 2 heteroatoms. The summed E-state index contributed by atoms with van der Waals surface area (Å²) in [6.07, 6.45) is 6.88. The maximum Gasteiger partial charge on any atom is 0.0547 e. The second-order valence-electron chi connectivity index (χ2n) is 4.25. The lowest BCUT2D eigenvalue weighted by atomic mass is 10.1. The van der Waals surface area contributed by atoms with Gasteiger partial charge in [-0.15, -0.1) is 11.6 Å². The van der Waals surface area contributed by atoms with E-state index >= 15 is 0 Å². The first-order chi connectivity index (χ1) is 6.70. The largest absolute Gasteiger partial charge is 0.378 e. The Bertz CT molecular complexity index is 117. The maximum atomic E-state index is 5.70. The molecule has 2 unspecified atom stereocenters. The smallest absolute Gasteiger partial charge is 0.0547 e. The number of alkyl halides is 1. The third-order valence-electron chi connectivity index (χ3n) is 2.39. The third-order valence-corrected chi connectivity index (χ3v) is 2.92. The molecule has 1 nitrogen and oxygen atoms in total. The van der Waals surface area contributed by atoms with Crippen LogP contribution in [0.5, 0.6) is 0 Å². The van der Waals surface area contributed by atoms with E-state index in [0.29, 0.717) is 17.9 Å². The van der Waals surface area contributed by atoms with Crippen LogP contribution in [0.2, 0.25) is 0 Å². The van der Waals surface area contributed by atoms with Crippen LogP contribution < -0.4 is 0 Å². The van der Waals surface area contributed by atoms with E-state index in [1.165, 1.54) is 32.1 Å². The zero-order valence-electron chi connectivity index (χ0n) is 9.89. The van der Waals surface area contributed by atoms with Crippen molar-refractivity contribution in [3.63, 3.8) is 0 Å². The lowest BCUT2D eigenvalue weighted by molar-refractivity contribution is 0.0416. The van der Waals surface area contributed by atoms with E-state index in [0.717, 1.165) is 6.61 Å². The fraction of sp³-hybridized carbons (Fsp3) is 1.00. The van der Waals surface area contributed by atoms with Gasteiger partial charge in [0.2, 0.25) is 0 Å². The van der Waals surface area contributed by atoms with Crippen LogP contribution in [0, 0.1) is 5.92 Å². The summed E-state index contributed by atoms with van der Waals surface area (Å²) in [5, 5.41) is 0. The summed E-state index contributed by atoms with van der Waals surface area (Å²) < 4.78 is 5.69. The first-order valence-corrected chi connectivity index (χ1v) is 6.41. The third kappa shape index (κ3) is 8.83. The van der Waals surface area contributed by atoms with Gasteiger partial charge in [-0.05, 0) is 19.3 Å². The lowest BCUT2D eigenvalue weighted by Gasteiger charge is -2.15. The average Bonchev–Trinajstić information content (AvgIpc) is 2.21. The van der Waals surface area contributed by atoms with E-state index in [1.807, 2.05) is 0 Å². The fourth-order valence-corrected chi connectivity index (χ4v) is 1.40. The van der Waals surface area contributed by atoms with Crippen molar-refractivity contribution in [2.24, 2.45) is 5.92 Å². The topological polar surface area (TPSA) is 9.23 Å². The maximum absolute atomic E-state index is 5.70. The number of rotatable bonds is 9. The standard InChI is InChI=1S/C12H25ClO/c1-4-5-6-7-8-12(3)14-10-11(2)9-13/h11-12H,4-10H2,1-3H3. The second kappa shape index (κ2) is 9.79. The molecular weight excluding hydrogens is 196 g/mol. The van der Waals surface area contributed by atoms with Crippen molar-refractivity contribution in [2.75, 3.05) is 12.5 Å². The van der Waals surface area contributed by atoms with Crippen molar-refractivity contribution >= 4 is 11.6 Å². The van der Waals surface area contributed by atoms with Crippen LogP contribution in [-0.2, 0) is 4.74 Å². The highest BCUT2D eigenvalue weighted by molar-refractivity contribution is 6.18. The SMILES string of the molecule is CCCCCCC(C)OCC(C)CCl. The summed E-state index contributed by atoms with van der Waals surface area (Å²) in [6.45, 7) is 7.32. The Morgan fingerprint density at radius 2 is 1.86 bits per heavy atom. The molecule has 86 valence electrons. The van der Waals surface area contributed by atoms with Gasteiger partial charge in [-0.2, -0.15) is 0 Å². The van der Waals surface area contributed by atoms with Crippen LogP contribution in [0.15, 0.2) is 0 Å². The molecule has 0 amide bonds. The average molecular weight is 221 g/mol. The molecule has 0 radical (unpaired) electrons. The number of ether oxygens (including phenoxy) is 1. The van der Waals surface area contributed by atoms with Gasteiger partial charge in [-0.3, -0.25) is 0 Å². The van der Waals surface area contributed by atoms with E-state index in [9.17, 15) is 0 Å². The number of hydrogen-bond acceptors (Lipinski definition) is 1. The molecule has 0 aromatic heterocycles. The molecule has 0 saturated heterocycles. The van der Waals surface area contributed by atoms with Crippen LogP contribution in [0.3, 0.4) is 0 Å². The van der Waals surface area contributed by atoms with Crippen molar-refractivity contribution in [2.45, 2.75) is 59.0 Å². The second-order valence-corrected chi connectivity index (χ2v) is 4.56. The lowest BCUT2D eigenvalue weighted by Crippen LogP contribution is -2.14. The first kappa shape index (κ1) is 14.2. The van der Waals surface area contributed by atoms with Crippen LogP contribution >= 0.6 is 11.6 Å². The molecular formula is C12H25ClO. The highest BCUT2D eigenvalue weighted by Crippen LogP contribution is 2.09. The van der Waals surface area contributed by atoms with Gasteiger partial charge in [0.05, 0.1) is 12.7 Å². The van der Waals surface area contributed by atoms with E-state index in [2.05, 4.69) is 20.8 Å². The van der Waals surface area contributed by atoms with Crippen LogP contribution in [0.25, 0.3) is 0 Å². The Morgan fingerprint density at radius 3 is 2.43 bits per heavy atom. The van der Waals surface area contributed by atoms with Gasteiger partial charge in [0.1, 0.15) is 0 Å². The molecule has 0 rings (SSSR count). The highest BCUT2D eigenvalue weighted by atomic mass is 35.5. The summed E-state index contributed by atoms with van der Waals surface area (Å²) in [4.78, 5) is 0. The molecule has 0 aliphatic heterocycles. The molecule has 0 spiro atoms. The molecule has 0 aliphatic carbocycles. The Hall–Kier alpha value is 0.250. The van der Waals surface area contributed by atoms with E-state index in [1.54, 1.807) is 0 Å². The summed E-state index contributed by atoms with van der Waals surface area (Å²) in [7, 11) is 0. The van der Waals surface area contributed by atoms with Gasteiger partial charge in [-0.1, -0.05) is 39.5 Å². The Kier molecular flexibility index (Phi) is 9.97. The molecule has 0 aliphatic rings. The molecule has 0 saturated carbocycles. The molecule has 0 aromatic carbocycles. The number of unbranched alkanes of at least 4 members (excludes halogenated alkanes) is 3. The minimum absolute atomic E-state index is 0.400. The van der Waals surface area contributed by atoms with Crippen molar-refractivity contribution in [1.82, 2.24) is 0 Å². The summed E-state index contributed by atoms with van der Waals surface area (Å²) in [6, 6.07) is 0. The summed E-state index contributed by atoms with van der Waals surface area (Å²) in [5.74, 6) is 1.18. The van der Waals surface area contributed by atoms with Crippen molar-refractivity contribution < 1.29 is 4.74 Å². The van der Waals surface area contributed by atoms with Gasteiger partial charge >= 0.3 is 0 Å². The highest BCUT2D eigenvalue weighted by Gasteiger charge is 2.05. The van der Waals surface area contributed by atoms with Crippen LogP contribution in [0.4, 0.5) is 0 Å². The van der Waals surface area contributed by atoms with Crippen LogP contribution in [-0.4, -0.2) is 18.6 Å². The minimum Gasteiger partial charge on any atom is -0.378 e. The zero-order valence-corrected chi connectivity index (χ0v) is 10.6. The normalized spacial score (nSPS) is 15.4. The van der Waals surface area contributed by atoms with E-state index < -0.39 is 0 Å². The number of hydrogen-bond donors (Lipinski definition) is 0. The molecule has 0 N–H and O–H groups in total. The van der Waals surface area contributed by atoms with Gasteiger partial charge in [0.15, 0.2) is 0 Å². The van der Waals surface area contributed by atoms with E-state index in [-0.39, 0.29) is 0 Å². The van der Waals surface area contributed by atoms with Crippen LogP contribution in [0.1, 0.15) is 52.9 Å². The molecule has 0 bridgehead atoms. The predicted octanol–water partition coefficient (Wildman–Crippen LogP) is 4.24. The summed E-state index contributed by atoms with van der Waals surface area (Å²) >= 11 is 5.70. The quantitative estimate of drug-likeness (QED) is 0.417. The Morgan fingerprint density at radius 1 is 1.14 bits per heavy atom. The molecule has 2 atom stereocenters. The monoisotopic (exact) mass is 220 g/mol. The molecule has 0 heterocycles. The van der Waals surface area contributed by atoms with Crippen molar-refractivity contribution in [3.8, 4) is 0 Å². The first-order valence-electron chi connectivity index (χ1n) is 5.88. The van der Waals surface area contributed by atoms with Gasteiger partial charge in [0.25, 0.3) is 0 Å². The Labute approximate surface area is 94.2 Å². The predicted molar refractivity (Wildman–Crippen MR) is 64.1 cm³/mol. The fourth-order valence-electron chi connectivity index (χ4n) is 1.31. The van der Waals surface area contributed by atoms with Gasteiger partial charge < -0.3 is 4.74 Å². The molecule has 0 aromatic rings. The van der Waals surface area contributed by atoms with Gasteiger partial charge in [-0.25, -0.2) is 0 Å². The molecule has 0 fully saturated rings. The van der Waals surface area contributed by atoms with E-state index in [4.69, 9.17) is 16.3 Å². The van der Waals surface area contributed by atoms with Gasteiger partial charge in [0, 0.05) is 5.88 Å². The molecule has 14 heavy (non-hydrogen) atoms. The van der Waals surface area contributed by atoms with Crippen molar-refractivity contribution in [1.29, 1.82) is 0 Å². The Balaban J connectivity index is 3.23. The summed E-state index contributed by atoms with van der Waals surface area (Å²) in [5.41, 5.74) is 0. The van der Waals surface area contributed by atoms with Crippen molar-refractivity contribution in [3.05, 3.63) is 0 Å².